The molecule has 2 aromatic carbocycles. The highest BCUT2D eigenvalue weighted by Crippen LogP contribution is 2.20. The Bertz CT molecular complexity index is 612. The summed E-state index contributed by atoms with van der Waals surface area (Å²) in [7, 11) is 0. The molecular formula is C17H15NO2. The molecule has 100 valence electrons. The molecule has 0 fully saturated rings. The molecule has 0 bridgehead atoms. The van der Waals surface area contributed by atoms with Gasteiger partial charge in [0.2, 0.25) is 0 Å². The minimum atomic E-state index is -0.272. The lowest BCUT2D eigenvalue weighted by molar-refractivity contribution is -0.134. The van der Waals surface area contributed by atoms with Gasteiger partial charge in [0, 0.05) is 0 Å². The summed E-state index contributed by atoms with van der Waals surface area (Å²) in [5, 5.41) is 8.70. The molecule has 0 amide bonds. The minimum Gasteiger partial charge on any atom is -0.427 e. The lowest BCUT2D eigenvalue weighted by atomic mass is 9.98. The van der Waals surface area contributed by atoms with Crippen molar-refractivity contribution in [3.05, 3.63) is 65.7 Å². The molecule has 20 heavy (non-hydrogen) atoms. The van der Waals surface area contributed by atoms with Crippen LogP contribution in [0, 0.1) is 11.3 Å². The van der Waals surface area contributed by atoms with Crippen molar-refractivity contribution >= 4 is 5.97 Å². The van der Waals surface area contributed by atoms with E-state index in [9.17, 15) is 4.79 Å². The van der Waals surface area contributed by atoms with Gasteiger partial charge in [0.25, 0.3) is 0 Å². The van der Waals surface area contributed by atoms with E-state index in [4.69, 9.17) is 10.00 Å². The first kappa shape index (κ1) is 13.8. The topological polar surface area (TPSA) is 50.1 Å². The molecule has 0 aliphatic rings. The van der Waals surface area contributed by atoms with Crippen molar-refractivity contribution in [3.63, 3.8) is 0 Å². The van der Waals surface area contributed by atoms with E-state index < -0.39 is 0 Å². The van der Waals surface area contributed by atoms with Crippen LogP contribution < -0.4 is 4.74 Å². The van der Waals surface area contributed by atoms with Crippen molar-refractivity contribution in [2.24, 2.45) is 0 Å². The van der Waals surface area contributed by atoms with Crippen molar-refractivity contribution in [2.45, 2.75) is 19.3 Å². The Balaban J connectivity index is 1.93. The van der Waals surface area contributed by atoms with Gasteiger partial charge in [-0.25, -0.2) is 0 Å². The molecule has 0 saturated carbocycles. The highest BCUT2D eigenvalue weighted by Gasteiger charge is 2.12. The van der Waals surface area contributed by atoms with Crippen molar-refractivity contribution in [1.29, 1.82) is 5.26 Å². The second-order valence-corrected chi connectivity index (χ2v) is 4.63. The maximum absolute atomic E-state index is 11.9. The third-order valence-electron chi connectivity index (χ3n) is 3.06. The summed E-state index contributed by atoms with van der Waals surface area (Å²) in [6.07, 6.45) is 0.323. The van der Waals surface area contributed by atoms with Gasteiger partial charge in [0.15, 0.2) is 0 Å². The number of benzene rings is 2. The highest BCUT2D eigenvalue weighted by molar-refractivity contribution is 5.73. The van der Waals surface area contributed by atoms with E-state index in [1.807, 2.05) is 43.3 Å². The van der Waals surface area contributed by atoms with Crippen LogP contribution in [0.15, 0.2) is 54.6 Å². The second kappa shape index (κ2) is 6.53. The number of carbonyl (C=O) groups is 1. The maximum Gasteiger partial charge on any atom is 0.311 e. The smallest absolute Gasteiger partial charge is 0.311 e. The fourth-order valence-corrected chi connectivity index (χ4v) is 1.92. The number of nitriles is 1. The third kappa shape index (κ3) is 3.69. The second-order valence-electron chi connectivity index (χ2n) is 4.63. The van der Waals surface area contributed by atoms with E-state index in [0.29, 0.717) is 17.7 Å². The molecule has 0 aromatic heterocycles. The van der Waals surface area contributed by atoms with Crippen LogP contribution in [0.4, 0.5) is 0 Å². The normalized spacial score (nSPS) is 11.4. The first-order chi connectivity index (χ1) is 9.69. The molecule has 2 aromatic rings. The first-order valence-corrected chi connectivity index (χ1v) is 6.45. The van der Waals surface area contributed by atoms with E-state index in [1.165, 1.54) is 0 Å². The number of esters is 1. The van der Waals surface area contributed by atoms with E-state index in [1.54, 1.807) is 24.3 Å². The number of carbonyl (C=O) groups excluding carboxylic acids is 1. The Labute approximate surface area is 118 Å². The van der Waals surface area contributed by atoms with Crippen LogP contribution in [-0.2, 0) is 4.79 Å². The van der Waals surface area contributed by atoms with Crippen LogP contribution in [-0.4, -0.2) is 5.97 Å². The maximum atomic E-state index is 11.9. The van der Waals surface area contributed by atoms with Gasteiger partial charge in [-0.05, 0) is 35.7 Å². The molecule has 0 heterocycles. The molecule has 0 aliphatic carbocycles. The molecule has 0 radical (unpaired) electrons. The Morgan fingerprint density at radius 1 is 1.15 bits per heavy atom. The van der Waals surface area contributed by atoms with Gasteiger partial charge in [-0.2, -0.15) is 5.26 Å². The van der Waals surface area contributed by atoms with Gasteiger partial charge < -0.3 is 4.74 Å². The Morgan fingerprint density at radius 3 is 2.40 bits per heavy atom. The summed E-state index contributed by atoms with van der Waals surface area (Å²) < 4.78 is 5.26. The third-order valence-corrected chi connectivity index (χ3v) is 3.06. The van der Waals surface area contributed by atoms with E-state index in [0.717, 1.165) is 5.56 Å². The SMILES string of the molecule is C[C@H](CC(=O)Oc1ccc(C#N)cc1)c1ccccc1. The summed E-state index contributed by atoms with van der Waals surface area (Å²) >= 11 is 0. The van der Waals surface area contributed by atoms with Gasteiger partial charge in [0.05, 0.1) is 18.1 Å². The zero-order valence-electron chi connectivity index (χ0n) is 11.2. The van der Waals surface area contributed by atoms with Gasteiger partial charge in [0.1, 0.15) is 5.75 Å². The summed E-state index contributed by atoms with van der Waals surface area (Å²) in [4.78, 5) is 11.9. The van der Waals surface area contributed by atoms with Gasteiger partial charge >= 0.3 is 5.97 Å². The molecule has 0 saturated heterocycles. The minimum absolute atomic E-state index is 0.113. The summed E-state index contributed by atoms with van der Waals surface area (Å²) in [6.45, 7) is 2.00. The Hall–Kier alpha value is -2.60. The highest BCUT2D eigenvalue weighted by atomic mass is 16.5. The molecule has 0 unspecified atom stereocenters. The Kier molecular flexibility index (Phi) is 4.52. The molecule has 0 aliphatic heterocycles. The fourth-order valence-electron chi connectivity index (χ4n) is 1.92. The number of ether oxygens (including phenoxy) is 1. The van der Waals surface area contributed by atoms with Crippen LogP contribution in [0.3, 0.4) is 0 Å². The number of nitrogens with zero attached hydrogens (tertiary/aromatic N) is 1. The number of hydrogen-bond acceptors (Lipinski definition) is 3. The zero-order valence-corrected chi connectivity index (χ0v) is 11.2. The summed E-state index contributed by atoms with van der Waals surface area (Å²) in [5.74, 6) is 0.308. The van der Waals surface area contributed by atoms with Crippen molar-refractivity contribution < 1.29 is 9.53 Å². The number of hydrogen-bond donors (Lipinski definition) is 0. The molecular weight excluding hydrogens is 250 g/mol. The first-order valence-electron chi connectivity index (χ1n) is 6.45. The monoisotopic (exact) mass is 265 g/mol. The van der Waals surface area contributed by atoms with E-state index in [-0.39, 0.29) is 11.9 Å². The van der Waals surface area contributed by atoms with Crippen LogP contribution in [0.5, 0.6) is 5.75 Å². The van der Waals surface area contributed by atoms with Crippen LogP contribution in [0.2, 0.25) is 0 Å². The van der Waals surface area contributed by atoms with Crippen LogP contribution >= 0.6 is 0 Å². The fraction of sp³-hybridized carbons (Fsp3) is 0.176. The Morgan fingerprint density at radius 2 is 1.80 bits per heavy atom. The summed E-state index contributed by atoms with van der Waals surface area (Å²) in [6, 6.07) is 18.4. The molecule has 3 nitrogen and oxygen atoms in total. The standard InChI is InChI=1S/C17H15NO2/c1-13(15-5-3-2-4-6-15)11-17(19)20-16-9-7-14(12-18)8-10-16/h2-10,13H,11H2,1H3/t13-/m1/s1. The van der Waals surface area contributed by atoms with Crippen LogP contribution in [0.25, 0.3) is 0 Å². The lowest BCUT2D eigenvalue weighted by Crippen LogP contribution is -2.11. The van der Waals surface area contributed by atoms with Crippen molar-refractivity contribution in [2.75, 3.05) is 0 Å². The zero-order chi connectivity index (χ0) is 14.4. The molecule has 0 N–H and O–H groups in total. The average molecular weight is 265 g/mol. The molecule has 2 rings (SSSR count). The van der Waals surface area contributed by atoms with E-state index in [2.05, 4.69) is 0 Å². The van der Waals surface area contributed by atoms with Crippen LogP contribution in [0.1, 0.15) is 30.4 Å². The van der Waals surface area contributed by atoms with Gasteiger partial charge in [-0.3, -0.25) is 4.79 Å². The predicted molar refractivity (Wildman–Crippen MR) is 76.3 cm³/mol. The largest absolute Gasteiger partial charge is 0.427 e. The molecule has 0 spiro atoms. The lowest BCUT2D eigenvalue weighted by Gasteiger charge is -2.11. The van der Waals surface area contributed by atoms with E-state index >= 15 is 0 Å². The predicted octanol–water partition coefficient (Wildman–Crippen LogP) is 3.66. The number of rotatable bonds is 4. The van der Waals surface area contributed by atoms with Gasteiger partial charge in [-0.1, -0.05) is 37.3 Å². The quantitative estimate of drug-likeness (QED) is 0.626. The van der Waals surface area contributed by atoms with Gasteiger partial charge in [-0.15, -0.1) is 0 Å². The molecule has 1 atom stereocenters. The average Bonchev–Trinajstić information content (AvgIpc) is 2.49. The van der Waals surface area contributed by atoms with Crippen molar-refractivity contribution in [1.82, 2.24) is 0 Å². The molecule has 3 heteroatoms. The summed E-state index contributed by atoms with van der Waals surface area (Å²) in [5.41, 5.74) is 1.66. The van der Waals surface area contributed by atoms with Crippen molar-refractivity contribution in [3.8, 4) is 11.8 Å².